The minimum Gasteiger partial charge on any atom is -0.394 e. The number of likely N-dealkylation sites (N-methyl/N-ethyl adjacent to an activating group) is 1. The van der Waals surface area contributed by atoms with Gasteiger partial charge in [0.2, 0.25) is 0 Å². The quantitative estimate of drug-likeness (QED) is 0.601. The van der Waals surface area contributed by atoms with Gasteiger partial charge < -0.3 is 10.4 Å². The molecule has 0 aromatic rings. The molecule has 0 rings (SSSR count). The maximum atomic E-state index is 9.50. The molecular formula is C12H27NO. The molecule has 0 saturated heterocycles. The van der Waals surface area contributed by atoms with Gasteiger partial charge in [0.15, 0.2) is 0 Å². The Kier molecular flexibility index (Phi) is 8.20. The van der Waals surface area contributed by atoms with E-state index >= 15 is 0 Å². The molecule has 2 nitrogen and oxygen atoms in total. The van der Waals surface area contributed by atoms with Crippen molar-refractivity contribution in [1.29, 1.82) is 0 Å². The molecule has 2 N–H and O–H groups in total. The second-order valence-corrected chi connectivity index (χ2v) is 4.18. The van der Waals surface area contributed by atoms with Crippen molar-refractivity contribution in [2.24, 2.45) is 0 Å². The second-order valence-electron chi connectivity index (χ2n) is 4.18. The molecule has 0 saturated carbocycles. The molecule has 0 bridgehead atoms. The van der Waals surface area contributed by atoms with Crippen molar-refractivity contribution in [3.8, 4) is 0 Å². The number of hydrogen-bond donors (Lipinski definition) is 2. The lowest BCUT2D eigenvalue weighted by Gasteiger charge is -2.33. The highest BCUT2D eigenvalue weighted by Crippen LogP contribution is 2.21. The third-order valence-electron chi connectivity index (χ3n) is 2.87. The van der Waals surface area contributed by atoms with Gasteiger partial charge in [-0.3, -0.25) is 0 Å². The summed E-state index contributed by atoms with van der Waals surface area (Å²) in [4.78, 5) is 0. The summed E-state index contributed by atoms with van der Waals surface area (Å²) < 4.78 is 0. The predicted molar refractivity (Wildman–Crippen MR) is 62.5 cm³/mol. The van der Waals surface area contributed by atoms with Crippen molar-refractivity contribution < 1.29 is 5.11 Å². The van der Waals surface area contributed by atoms with Crippen LogP contribution in [0.2, 0.25) is 0 Å². The summed E-state index contributed by atoms with van der Waals surface area (Å²) in [6, 6.07) is 0. The van der Waals surface area contributed by atoms with Crippen molar-refractivity contribution in [3.63, 3.8) is 0 Å². The van der Waals surface area contributed by atoms with Gasteiger partial charge in [0.1, 0.15) is 0 Å². The van der Waals surface area contributed by atoms with E-state index in [2.05, 4.69) is 26.1 Å². The SMILES string of the molecule is CCCCC(CO)(CCCC)NCC. The molecule has 0 spiro atoms. The van der Waals surface area contributed by atoms with Crippen LogP contribution in [0, 0.1) is 0 Å². The van der Waals surface area contributed by atoms with Gasteiger partial charge in [0, 0.05) is 5.54 Å². The molecule has 0 atom stereocenters. The van der Waals surface area contributed by atoms with E-state index in [9.17, 15) is 5.11 Å². The molecule has 0 fully saturated rings. The van der Waals surface area contributed by atoms with Gasteiger partial charge in [-0.15, -0.1) is 0 Å². The minimum atomic E-state index is 0.000764. The number of hydrogen-bond acceptors (Lipinski definition) is 2. The van der Waals surface area contributed by atoms with E-state index in [0.29, 0.717) is 0 Å². The molecule has 14 heavy (non-hydrogen) atoms. The van der Waals surface area contributed by atoms with Gasteiger partial charge in [0.25, 0.3) is 0 Å². The fourth-order valence-electron chi connectivity index (χ4n) is 1.92. The number of aliphatic hydroxyl groups excluding tert-OH is 1. The van der Waals surface area contributed by atoms with Crippen molar-refractivity contribution in [2.75, 3.05) is 13.2 Å². The average molecular weight is 201 g/mol. The fourth-order valence-corrected chi connectivity index (χ4v) is 1.92. The van der Waals surface area contributed by atoms with Gasteiger partial charge in [-0.05, 0) is 19.4 Å². The molecule has 0 unspecified atom stereocenters. The highest BCUT2D eigenvalue weighted by Gasteiger charge is 2.26. The van der Waals surface area contributed by atoms with Gasteiger partial charge in [-0.2, -0.15) is 0 Å². The standard InChI is InChI=1S/C12H27NO/c1-4-7-9-12(11-14,13-6-3)10-8-5-2/h13-14H,4-11H2,1-3H3. The topological polar surface area (TPSA) is 32.3 Å². The van der Waals surface area contributed by atoms with Crippen LogP contribution in [0.1, 0.15) is 59.3 Å². The van der Waals surface area contributed by atoms with Gasteiger partial charge in [0.05, 0.1) is 6.61 Å². The number of unbranched alkanes of at least 4 members (excludes halogenated alkanes) is 2. The van der Waals surface area contributed by atoms with Crippen LogP contribution in [0.4, 0.5) is 0 Å². The van der Waals surface area contributed by atoms with E-state index in [4.69, 9.17) is 0 Å². The lowest BCUT2D eigenvalue weighted by Crippen LogP contribution is -2.48. The first kappa shape index (κ1) is 13.9. The first-order valence-corrected chi connectivity index (χ1v) is 6.10. The molecule has 0 aromatic heterocycles. The Bertz CT molecular complexity index is 117. The van der Waals surface area contributed by atoms with Crippen LogP contribution < -0.4 is 5.32 Å². The number of nitrogens with one attached hydrogen (secondary N) is 1. The highest BCUT2D eigenvalue weighted by molar-refractivity contribution is 4.86. The molecule has 2 heteroatoms. The second kappa shape index (κ2) is 8.25. The Hall–Kier alpha value is -0.0800. The molecular weight excluding hydrogens is 174 g/mol. The number of aliphatic hydroxyl groups is 1. The molecule has 0 amide bonds. The largest absolute Gasteiger partial charge is 0.394 e. The Morgan fingerprint density at radius 3 is 1.79 bits per heavy atom. The third-order valence-corrected chi connectivity index (χ3v) is 2.87. The number of rotatable bonds is 9. The Labute approximate surface area is 89.1 Å². The van der Waals surface area contributed by atoms with E-state index in [1.807, 2.05) is 0 Å². The summed E-state index contributed by atoms with van der Waals surface area (Å²) in [5.41, 5.74) is 0.000764. The maximum Gasteiger partial charge on any atom is 0.0613 e. The van der Waals surface area contributed by atoms with E-state index in [1.165, 1.54) is 25.7 Å². The zero-order valence-electron chi connectivity index (χ0n) is 10.1. The Morgan fingerprint density at radius 2 is 1.50 bits per heavy atom. The minimum absolute atomic E-state index is 0.000764. The zero-order valence-corrected chi connectivity index (χ0v) is 10.1. The van der Waals surface area contributed by atoms with Crippen molar-refractivity contribution in [3.05, 3.63) is 0 Å². The predicted octanol–water partition coefficient (Wildman–Crippen LogP) is 2.71. The van der Waals surface area contributed by atoms with Gasteiger partial charge in [-0.1, -0.05) is 46.5 Å². The van der Waals surface area contributed by atoms with Crippen LogP contribution in [0.25, 0.3) is 0 Å². The molecule has 86 valence electrons. The van der Waals surface area contributed by atoms with Crippen LogP contribution in [0.3, 0.4) is 0 Å². The van der Waals surface area contributed by atoms with E-state index in [1.54, 1.807) is 0 Å². The average Bonchev–Trinajstić information content (AvgIpc) is 2.22. The first-order valence-electron chi connectivity index (χ1n) is 6.10. The zero-order chi connectivity index (χ0) is 10.9. The van der Waals surface area contributed by atoms with E-state index in [0.717, 1.165) is 19.4 Å². The van der Waals surface area contributed by atoms with Crippen LogP contribution in [0.5, 0.6) is 0 Å². The summed E-state index contributed by atoms with van der Waals surface area (Å²) >= 11 is 0. The molecule has 0 aliphatic rings. The van der Waals surface area contributed by atoms with Crippen LogP contribution in [0.15, 0.2) is 0 Å². The summed E-state index contributed by atoms with van der Waals surface area (Å²) in [5, 5.41) is 13.0. The molecule has 0 aliphatic carbocycles. The van der Waals surface area contributed by atoms with E-state index < -0.39 is 0 Å². The van der Waals surface area contributed by atoms with Crippen molar-refractivity contribution in [2.45, 2.75) is 64.8 Å². The van der Waals surface area contributed by atoms with Crippen LogP contribution >= 0.6 is 0 Å². The molecule has 0 radical (unpaired) electrons. The van der Waals surface area contributed by atoms with Crippen LogP contribution in [-0.2, 0) is 0 Å². The fraction of sp³-hybridized carbons (Fsp3) is 1.00. The lowest BCUT2D eigenvalue weighted by molar-refractivity contribution is 0.139. The normalized spacial score (nSPS) is 12.0. The molecule has 0 aromatic carbocycles. The lowest BCUT2D eigenvalue weighted by atomic mass is 9.88. The summed E-state index contributed by atoms with van der Waals surface area (Å²) in [5.74, 6) is 0. The summed E-state index contributed by atoms with van der Waals surface area (Å²) in [6.45, 7) is 7.75. The third kappa shape index (κ3) is 4.97. The Balaban J connectivity index is 4.11. The Morgan fingerprint density at radius 1 is 1.00 bits per heavy atom. The summed E-state index contributed by atoms with van der Waals surface area (Å²) in [6.07, 6.45) is 7.04. The molecule has 0 aliphatic heterocycles. The van der Waals surface area contributed by atoms with Crippen molar-refractivity contribution >= 4 is 0 Å². The van der Waals surface area contributed by atoms with Crippen LogP contribution in [-0.4, -0.2) is 23.8 Å². The maximum absolute atomic E-state index is 9.50. The van der Waals surface area contributed by atoms with Gasteiger partial charge >= 0.3 is 0 Å². The summed E-state index contributed by atoms with van der Waals surface area (Å²) in [7, 11) is 0. The monoisotopic (exact) mass is 201 g/mol. The molecule has 0 heterocycles. The smallest absolute Gasteiger partial charge is 0.0613 e. The highest BCUT2D eigenvalue weighted by atomic mass is 16.3. The van der Waals surface area contributed by atoms with Gasteiger partial charge in [-0.25, -0.2) is 0 Å². The van der Waals surface area contributed by atoms with Crippen molar-refractivity contribution in [1.82, 2.24) is 5.32 Å². The first-order chi connectivity index (χ1) is 6.74. The van der Waals surface area contributed by atoms with E-state index in [-0.39, 0.29) is 12.1 Å².